The number of hydrogen-bond acceptors (Lipinski definition) is 5. The number of ether oxygens (including phenoxy) is 3. The number of piperidine rings is 1. The van der Waals surface area contributed by atoms with Crippen LogP contribution in [0.15, 0.2) is 18.2 Å². The van der Waals surface area contributed by atoms with E-state index in [-0.39, 0.29) is 5.91 Å². The molecule has 3 rings (SSSR count). The van der Waals surface area contributed by atoms with Crippen LogP contribution in [-0.2, 0) is 14.3 Å². The maximum Gasteiger partial charge on any atom is 0.224 e. The van der Waals surface area contributed by atoms with E-state index in [0.29, 0.717) is 50.0 Å². The van der Waals surface area contributed by atoms with E-state index in [2.05, 4.69) is 5.32 Å². The Balaban J connectivity index is 1.42. The first-order valence-electron chi connectivity index (χ1n) is 8.25. The van der Waals surface area contributed by atoms with Crippen molar-refractivity contribution in [1.29, 1.82) is 0 Å². The lowest BCUT2D eigenvalue weighted by Crippen LogP contribution is -2.47. The second kappa shape index (κ2) is 7.59. The Morgan fingerprint density at radius 2 is 2.04 bits per heavy atom. The average Bonchev–Trinajstić information content (AvgIpc) is 3.03. The van der Waals surface area contributed by atoms with Crippen LogP contribution in [0.2, 0.25) is 5.02 Å². The molecule has 2 heterocycles. The van der Waals surface area contributed by atoms with E-state index >= 15 is 0 Å². The van der Waals surface area contributed by atoms with Crippen LogP contribution in [0.5, 0.6) is 5.75 Å². The quantitative estimate of drug-likeness (QED) is 0.880. The van der Waals surface area contributed by atoms with Gasteiger partial charge in [0.1, 0.15) is 5.75 Å². The first-order chi connectivity index (χ1) is 11.6. The van der Waals surface area contributed by atoms with Gasteiger partial charge in [-0.1, -0.05) is 11.6 Å². The van der Waals surface area contributed by atoms with Gasteiger partial charge >= 0.3 is 0 Å². The fraction of sp³-hybridized carbons (Fsp3) is 0.588. The fourth-order valence-corrected chi connectivity index (χ4v) is 3.39. The molecular formula is C17H23ClN2O4. The van der Waals surface area contributed by atoms with Crippen LogP contribution in [0, 0.1) is 0 Å². The van der Waals surface area contributed by atoms with Gasteiger partial charge in [0.2, 0.25) is 5.91 Å². The van der Waals surface area contributed by atoms with Gasteiger partial charge in [-0.2, -0.15) is 0 Å². The van der Waals surface area contributed by atoms with Gasteiger partial charge in [0.15, 0.2) is 5.79 Å². The van der Waals surface area contributed by atoms with Crippen molar-refractivity contribution >= 4 is 23.2 Å². The van der Waals surface area contributed by atoms with Crippen molar-refractivity contribution in [3.05, 3.63) is 23.2 Å². The lowest BCUT2D eigenvalue weighted by atomic mass is 10.0. The lowest BCUT2D eigenvalue weighted by molar-refractivity contribution is -0.187. The number of carbonyl (C=O) groups is 1. The van der Waals surface area contributed by atoms with Gasteiger partial charge in [0, 0.05) is 44.6 Å². The molecule has 1 spiro atoms. The highest BCUT2D eigenvalue weighted by molar-refractivity contribution is 6.32. The molecule has 2 aliphatic heterocycles. The maximum atomic E-state index is 12.3. The minimum absolute atomic E-state index is 0.148. The van der Waals surface area contributed by atoms with E-state index in [1.807, 2.05) is 11.0 Å². The summed E-state index contributed by atoms with van der Waals surface area (Å²) in [5.74, 6) is 0.348. The average molecular weight is 355 g/mol. The molecule has 7 heteroatoms. The van der Waals surface area contributed by atoms with Crippen molar-refractivity contribution in [2.75, 3.05) is 45.3 Å². The second-order valence-corrected chi connectivity index (χ2v) is 6.42. The van der Waals surface area contributed by atoms with E-state index in [0.717, 1.165) is 18.5 Å². The largest absolute Gasteiger partial charge is 0.495 e. The molecule has 1 aromatic carbocycles. The fourth-order valence-electron chi connectivity index (χ4n) is 3.13. The van der Waals surface area contributed by atoms with Crippen LogP contribution in [0.25, 0.3) is 0 Å². The number of carbonyl (C=O) groups excluding carboxylic acids is 1. The van der Waals surface area contributed by atoms with Crippen molar-refractivity contribution in [3.63, 3.8) is 0 Å². The van der Waals surface area contributed by atoms with E-state index in [4.69, 9.17) is 25.8 Å². The molecule has 1 N–H and O–H groups in total. The minimum Gasteiger partial charge on any atom is -0.495 e. The first kappa shape index (κ1) is 17.3. The second-order valence-electron chi connectivity index (χ2n) is 6.01. The zero-order valence-corrected chi connectivity index (χ0v) is 14.6. The Bertz CT molecular complexity index is 580. The van der Waals surface area contributed by atoms with Gasteiger partial charge in [-0.3, -0.25) is 4.79 Å². The number of halogens is 1. The summed E-state index contributed by atoms with van der Waals surface area (Å²) >= 11 is 6.09. The predicted molar refractivity (Wildman–Crippen MR) is 91.6 cm³/mol. The maximum absolute atomic E-state index is 12.3. The van der Waals surface area contributed by atoms with Crippen molar-refractivity contribution in [3.8, 4) is 5.75 Å². The number of anilines is 1. The van der Waals surface area contributed by atoms with Crippen molar-refractivity contribution in [2.45, 2.75) is 25.0 Å². The third kappa shape index (κ3) is 3.94. The Labute approximate surface area is 147 Å². The summed E-state index contributed by atoms with van der Waals surface area (Å²) in [6, 6.07) is 5.48. The third-order valence-electron chi connectivity index (χ3n) is 4.51. The molecule has 1 aromatic rings. The molecular weight excluding hydrogens is 332 g/mol. The first-order valence-corrected chi connectivity index (χ1v) is 8.63. The van der Waals surface area contributed by atoms with E-state index in [9.17, 15) is 4.79 Å². The molecule has 0 aliphatic carbocycles. The number of likely N-dealkylation sites (tertiary alicyclic amines) is 1. The number of hydrogen-bond donors (Lipinski definition) is 1. The highest BCUT2D eigenvalue weighted by Gasteiger charge is 2.40. The summed E-state index contributed by atoms with van der Waals surface area (Å²) in [5, 5.41) is 3.77. The molecule has 0 unspecified atom stereocenters. The van der Waals surface area contributed by atoms with E-state index in [1.165, 1.54) is 0 Å². The highest BCUT2D eigenvalue weighted by Crippen LogP contribution is 2.31. The Morgan fingerprint density at radius 1 is 1.33 bits per heavy atom. The Morgan fingerprint density at radius 3 is 2.67 bits per heavy atom. The number of nitrogens with one attached hydrogen (secondary N) is 1. The summed E-state index contributed by atoms with van der Waals surface area (Å²) in [6.07, 6.45) is 1.94. The Kier molecular flexibility index (Phi) is 5.48. The van der Waals surface area contributed by atoms with Crippen molar-refractivity contribution < 1.29 is 19.0 Å². The molecule has 2 fully saturated rings. The minimum atomic E-state index is -0.436. The molecule has 0 radical (unpaired) electrons. The van der Waals surface area contributed by atoms with Gasteiger partial charge in [-0.15, -0.1) is 0 Å². The highest BCUT2D eigenvalue weighted by atomic mass is 35.5. The molecule has 0 aromatic heterocycles. The van der Waals surface area contributed by atoms with Crippen LogP contribution in [0.3, 0.4) is 0 Å². The monoisotopic (exact) mass is 354 g/mol. The van der Waals surface area contributed by atoms with Gasteiger partial charge in [-0.25, -0.2) is 0 Å². The number of amides is 1. The lowest BCUT2D eigenvalue weighted by Gasteiger charge is -2.37. The molecule has 0 atom stereocenters. The summed E-state index contributed by atoms with van der Waals surface area (Å²) in [6.45, 7) is 3.25. The Hall–Kier alpha value is -1.50. The number of benzene rings is 1. The SMILES string of the molecule is COc1ccc(NCCC(=O)N2CCC3(CC2)OCCO3)cc1Cl. The zero-order chi connectivity index (χ0) is 17.0. The molecule has 132 valence electrons. The summed E-state index contributed by atoms with van der Waals surface area (Å²) in [5.41, 5.74) is 0.874. The zero-order valence-electron chi connectivity index (χ0n) is 13.8. The molecule has 24 heavy (non-hydrogen) atoms. The smallest absolute Gasteiger partial charge is 0.224 e. The molecule has 0 saturated carbocycles. The van der Waals surface area contributed by atoms with Gasteiger partial charge < -0.3 is 24.4 Å². The van der Waals surface area contributed by atoms with E-state index in [1.54, 1.807) is 19.2 Å². The molecule has 2 aliphatic rings. The van der Waals surface area contributed by atoms with Crippen LogP contribution in [0.1, 0.15) is 19.3 Å². The number of methoxy groups -OCH3 is 1. The topological polar surface area (TPSA) is 60.0 Å². The van der Waals surface area contributed by atoms with Crippen LogP contribution >= 0.6 is 11.6 Å². The molecule has 0 bridgehead atoms. The molecule has 1 amide bonds. The van der Waals surface area contributed by atoms with Gasteiger partial charge in [0.25, 0.3) is 0 Å². The molecule has 2 saturated heterocycles. The van der Waals surface area contributed by atoms with Crippen LogP contribution in [-0.4, -0.2) is 56.6 Å². The molecule has 6 nitrogen and oxygen atoms in total. The van der Waals surface area contributed by atoms with Gasteiger partial charge in [-0.05, 0) is 18.2 Å². The summed E-state index contributed by atoms with van der Waals surface area (Å²) < 4.78 is 16.5. The summed E-state index contributed by atoms with van der Waals surface area (Å²) in [4.78, 5) is 14.2. The third-order valence-corrected chi connectivity index (χ3v) is 4.81. The van der Waals surface area contributed by atoms with Crippen molar-refractivity contribution in [2.24, 2.45) is 0 Å². The van der Waals surface area contributed by atoms with Gasteiger partial charge in [0.05, 0.1) is 25.3 Å². The van der Waals surface area contributed by atoms with Crippen molar-refractivity contribution in [1.82, 2.24) is 4.90 Å². The standard InChI is InChI=1S/C17H23ClN2O4/c1-22-15-3-2-13(12-14(15)18)19-7-4-16(21)20-8-5-17(6-9-20)23-10-11-24-17/h2-3,12,19H,4-11H2,1H3. The van der Waals surface area contributed by atoms with Crippen LogP contribution < -0.4 is 10.1 Å². The number of nitrogens with zero attached hydrogens (tertiary/aromatic N) is 1. The van der Waals surface area contributed by atoms with Crippen LogP contribution in [0.4, 0.5) is 5.69 Å². The number of rotatable bonds is 5. The predicted octanol–water partition coefficient (Wildman–Crippen LogP) is 2.52. The normalized spacial score (nSPS) is 19.5. The van der Waals surface area contributed by atoms with E-state index < -0.39 is 5.79 Å². The summed E-state index contributed by atoms with van der Waals surface area (Å²) in [7, 11) is 1.58.